The summed E-state index contributed by atoms with van der Waals surface area (Å²) in [6, 6.07) is 65.6. The zero-order chi connectivity index (χ0) is 75.2. The normalized spacial score (nSPS) is 15.8. The lowest BCUT2D eigenvalue weighted by Gasteiger charge is -2.35. The van der Waals surface area contributed by atoms with Crippen molar-refractivity contribution in [1.82, 2.24) is 9.03 Å². The molecule has 0 spiro atoms. The highest BCUT2D eigenvalue weighted by Gasteiger charge is 2.48. The van der Waals surface area contributed by atoms with Crippen LogP contribution in [0.3, 0.4) is 0 Å². The Morgan fingerprint density at radius 2 is 0.486 bits per heavy atom. The molecule has 0 saturated carbocycles. The van der Waals surface area contributed by atoms with Crippen LogP contribution < -0.4 is 4.72 Å². The molecule has 0 radical (unpaired) electrons. The number of allylic oxidation sites excluding steroid dienone is 3. The zero-order valence-corrected chi connectivity index (χ0v) is 69.7. The molecule has 6 aliphatic rings. The molecule has 0 aromatic heterocycles. The maximum atomic E-state index is 3.74. The van der Waals surface area contributed by atoms with Gasteiger partial charge in [-0.1, -0.05) is 388 Å². The van der Waals surface area contributed by atoms with Gasteiger partial charge in [-0.15, -0.1) is 0 Å². The van der Waals surface area contributed by atoms with E-state index in [1.54, 1.807) is 56.6 Å². The second-order valence-electron chi connectivity index (χ2n) is 34.6. The van der Waals surface area contributed by atoms with E-state index >= 15 is 0 Å². The van der Waals surface area contributed by atoms with E-state index in [4.69, 9.17) is 0 Å². The topological polar surface area (TPSA) is 15.3 Å². The van der Waals surface area contributed by atoms with Gasteiger partial charge in [0.1, 0.15) is 0 Å². The third-order valence-electron chi connectivity index (χ3n) is 27.6. The van der Waals surface area contributed by atoms with Gasteiger partial charge in [-0.2, -0.15) is 0 Å². The van der Waals surface area contributed by atoms with Gasteiger partial charge in [0.05, 0.1) is 23.5 Å². The number of nitrogens with zero attached hydrogens (tertiary/aromatic N) is 1. The maximum absolute atomic E-state index is 3.74. The summed E-state index contributed by atoms with van der Waals surface area (Å²) >= 11 is 1.75. The smallest absolute Gasteiger partial charge is 0.0786 e. The van der Waals surface area contributed by atoms with Crippen molar-refractivity contribution in [1.29, 1.82) is 0 Å². The molecule has 8 aromatic rings. The van der Waals surface area contributed by atoms with Crippen molar-refractivity contribution in [2.75, 3.05) is 0 Å². The summed E-state index contributed by atoms with van der Waals surface area (Å²) in [6.45, 7) is 19.0. The minimum atomic E-state index is -0.0815. The molecule has 0 amide bonds. The van der Waals surface area contributed by atoms with E-state index in [9.17, 15) is 0 Å². The number of nitrogens with one attached hydrogen (secondary N) is 1. The third-order valence-corrected chi connectivity index (χ3v) is 28.4. The molecule has 0 saturated heterocycles. The first-order valence-corrected chi connectivity index (χ1v) is 45.9. The summed E-state index contributed by atoms with van der Waals surface area (Å²) in [5, 5.41) is 0. The van der Waals surface area contributed by atoms with Crippen LogP contribution in [0.15, 0.2) is 182 Å². The molecule has 0 atom stereocenters. The molecule has 574 valence electrons. The highest BCUT2D eigenvalue weighted by atomic mass is 32.2. The van der Waals surface area contributed by atoms with Crippen molar-refractivity contribution >= 4 is 23.4 Å². The molecule has 2 aliphatic heterocycles. The van der Waals surface area contributed by atoms with E-state index in [2.05, 4.69) is 240 Å². The van der Waals surface area contributed by atoms with Gasteiger partial charge < -0.3 is 4.72 Å². The van der Waals surface area contributed by atoms with E-state index in [1.807, 2.05) is 0 Å². The van der Waals surface area contributed by atoms with E-state index in [1.165, 1.54) is 352 Å². The lowest BCUT2D eigenvalue weighted by Crippen LogP contribution is -2.26. The van der Waals surface area contributed by atoms with Gasteiger partial charge in [-0.3, -0.25) is 4.31 Å². The Morgan fingerprint density at radius 1 is 0.239 bits per heavy atom. The fourth-order valence-corrected chi connectivity index (χ4v) is 22.6. The SMILES string of the molecule is CCCCCCC1(CCCCCC)c2ccccc2-c2ccc(-c3ccc4c(c3)C(CCCCCC)(CCCCCC)c3cc(C5=CC=C(c6ccc7c(c6)C(CCCCCC)(CCCCCC)c6cc(-c8ccc9c(c8)C(CCCCCC)(CCCCCC)c8ccccc8-9)ccc6-7)N6SNC=C56)ccc3-4)cc21. The molecule has 0 bridgehead atoms. The first-order chi connectivity index (χ1) is 53.7. The van der Waals surface area contributed by atoms with E-state index in [-0.39, 0.29) is 21.7 Å². The summed E-state index contributed by atoms with van der Waals surface area (Å²) in [5.74, 6) is 0. The van der Waals surface area contributed by atoms with Gasteiger partial charge in [0.25, 0.3) is 0 Å². The van der Waals surface area contributed by atoms with Crippen molar-refractivity contribution in [2.45, 2.75) is 334 Å². The van der Waals surface area contributed by atoms with Gasteiger partial charge >= 0.3 is 0 Å². The number of unbranched alkanes of at least 4 members (excludes halogenated alkanes) is 24. The zero-order valence-electron chi connectivity index (χ0n) is 68.9. The Morgan fingerprint density at radius 3 is 0.789 bits per heavy atom. The van der Waals surface area contributed by atoms with Crippen LogP contribution >= 0.6 is 12.1 Å². The van der Waals surface area contributed by atoms with Gasteiger partial charge in [0.15, 0.2) is 0 Å². The van der Waals surface area contributed by atoms with E-state index in [0.717, 1.165) is 0 Å². The van der Waals surface area contributed by atoms with Gasteiger partial charge in [0, 0.05) is 33.4 Å². The molecular weight excluding hydrogens is 1330 g/mol. The van der Waals surface area contributed by atoms with Gasteiger partial charge in [-0.25, -0.2) is 0 Å². The van der Waals surface area contributed by atoms with Crippen molar-refractivity contribution in [3.8, 4) is 66.8 Å². The Bertz CT molecular complexity index is 4460. The number of fused-ring (bicyclic) bond motifs is 13. The number of rotatable bonds is 44. The Balaban J connectivity index is 0.836. The fourth-order valence-electron chi connectivity index (χ4n) is 21.8. The monoisotopic (exact) mass is 1470 g/mol. The molecule has 109 heavy (non-hydrogen) atoms. The van der Waals surface area contributed by atoms with Crippen LogP contribution in [-0.2, 0) is 21.7 Å². The summed E-state index contributed by atoms with van der Waals surface area (Å²) < 4.78 is 6.28. The molecule has 8 aromatic carbocycles. The second-order valence-corrected chi connectivity index (χ2v) is 35.4. The standard InChI is InChI=1S/C106H134N2S/c1-9-17-25-37-63-103(64-38-26-18-10-2)93-47-35-33-45-85(93)87-55-49-78(71-95(87)103)80-51-57-89-91-59-53-82(75-99(91)105(97(89)73-80,67-41-29-21-13-5)68-42-30-22-14-6)84-61-62-101(108-102(84)77-107-109-108)83-54-60-92-90-58-52-81(74-98(90)106(100(92)76-83,69-43-31-23-15-7)70-44-32-24-16-8)79-50-56-88-86-46-34-36-48-94(86)104(96(88)72-79,65-39-27-19-11-3)66-40-28-20-12-4/h33-36,45-62,71-77,107H,9-32,37-44,63-70H2,1-8H3. The predicted molar refractivity (Wildman–Crippen MR) is 475 cm³/mol. The van der Waals surface area contributed by atoms with Crippen LogP contribution in [0.25, 0.3) is 78.0 Å². The molecule has 4 aliphatic carbocycles. The Hall–Kier alpha value is -7.07. The Labute approximate surface area is 666 Å². The first kappa shape index (κ1) is 78.6. The maximum Gasteiger partial charge on any atom is 0.0786 e. The second kappa shape index (κ2) is 36.6. The third kappa shape index (κ3) is 15.6. The number of benzene rings is 8. The van der Waals surface area contributed by atoms with Crippen LogP contribution in [0.2, 0.25) is 0 Å². The largest absolute Gasteiger partial charge is 0.316 e. The highest BCUT2D eigenvalue weighted by Crippen LogP contribution is 2.62. The van der Waals surface area contributed by atoms with E-state index < -0.39 is 0 Å². The minimum absolute atomic E-state index is 0.0528. The summed E-state index contributed by atoms with van der Waals surface area (Å²) in [7, 11) is 0. The average Bonchev–Trinajstić information content (AvgIpc) is 1.57. The molecule has 2 nitrogen and oxygen atoms in total. The van der Waals surface area contributed by atoms with Crippen LogP contribution in [0.5, 0.6) is 0 Å². The summed E-state index contributed by atoms with van der Waals surface area (Å²) in [4.78, 5) is 0. The molecule has 0 unspecified atom stereocenters. The van der Waals surface area contributed by atoms with Crippen LogP contribution in [0.4, 0.5) is 0 Å². The molecule has 0 fully saturated rings. The minimum Gasteiger partial charge on any atom is -0.316 e. The number of hydrogen-bond acceptors (Lipinski definition) is 3. The van der Waals surface area contributed by atoms with Crippen molar-refractivity contribution in [3.63, 3.8) is 0 Å². The molecular formula is C106H134N2S. The highest BCUT2D eigenvalue weighted by molar-refractivity contribution is 7.95. The quantitative estimate of drug-likeness (QED) is 0.0303. The molecule has 14 rings (SSSR count). The van der Waals surface area contributed by atoms with Crippen LogP contribution in [0.1, 0.15) is 368 Å². The fraction of sp³-hybridized carbons (Fsp3) is 0.491. The molecule has 3 heteroatoms. The molecule has 1 N–H and O–H groups in total. The van der Waals surface area contributed by atoms with Gasteiger partial charge in [-0.05, 0) is 216 Å². The van der Waals surface area contributed by atoms with Crippen molar-refractivity contribution < 1.29 is 0 Å². The lowest BCUT2D eigenvalue weighted by molar-refractivity contribution is 0.400. The average molecular weight is 1470 g/mol. The van der Waals surface area contributed by atoms with Crippen molar-refractivity contribution in [2.24, 2.45) is 0 Å². The predicted octanol–water partition coefficient (Wildman–Crippen LogP) is 32.6. The van der Waals surface area contributed by atoms with Gasteiger partial charge in [0.2, 0.25) is 0 Å². The lowest BCUT2D eigenvalue weighted by atomic mass is 9.69. The first-order valence-electron chi connectivity index (χ1n) is 45.1. The molecule has 2 heterocycles. The van der Waals surface area contributed by atoms with Crippen molar-refractivity contribution in [3.05, 3.63) is 237 Å². The van der Waals surface area contributed by atoms with E-state index in [0.29, 0.717) is 0 Å². The summed E-state index contributed by atoms with van der Waals surface area (Å²) in [6.07, 6.45) is 58.0. The van der Waals surface area contributed by atoms with Crippen LogP contribution in [-0.4, -0.2) is 4.31 Å². The number of hydrogen-bond donors (Lipinski definition) is 1. The Kier molecular flexibility index (Phi) is 26.4. The summed E-state index contributed by atoms with van der Waals surface area (Å²) in [5.41, 5.74) is 36.4. The van der Waals surface area contributed by atoms with Crippen LogP contribution in [0, 0.1) is 0 Å².